The second-order valence-corrected chi connectivity index (χ2v) is 7.10. The maximum Gasteiger partial charge on any atom is 0.276 e. The molecule has 0 unspecified atom stereocenters. The SMILES string of the molecule is O=C(c1coc(Cc2ccc(-n3nccn3)cn2)n1)N1CC(F)(C2CC2)C1. The topological polar surface area (TPSA) is 89.9 Å². The van der Waals surface area contributed by atoms with Crippen molar-refractivity contribution in [2.24, 2.45) is 5.92 Å². The first-order chi connectivity index (χ1) is 13.1. The van der Waals surface area contributed by atoms with Gasteiger partial charge in [-0.15, -0.1) is 0 Å². The molecule has 0 spiro atoms. The van der Waals surface area contributed by atoms with Gasteiger partial charge in [-0.1, -0.05) is 0 Å². The maximum absolute atomic E-state index is 14.4. The van der Waals surface area contributed by atoms with E-state index in [9.17, 15) is 9.18 Å². The van der Waals surface area contributed by atoms with Crippen molar-refractivity contribution in [1.29, 1.82) is 0 Å². The van der Waals surface area contributed by atoms with Crippen LogP contribution in [0.1, 0.15) is 34.9 Å². The van der Waals surface area contributed by atoms with Gasteiger partial charge in [-0.25, -0.2) is 9.37 Å². The Morgan fingerprint density at radius 1 is 1.26 bits per heavy atom. The fraction of sp³-hybridized carbons (Fsp3) is 0.389. The number of carbonyl (C=O) groups excluding carboxylic acids is 1. The molecule has 0 N–H and O–H groups in total. The predicted octanol–water partition coefficient (Wildman–Crippen LogP) is 1.82. The third-order valence-electron chi connectivity index (χ3n) is 5.07. The van der Waals surface area contributed by atoms with Crippen LogP contribution in [0.5, 0.6) is 0 Å². The molecular formula is C18H17FN6O2. The van der Waals surface area contributed by atoms with Gasteiger partial charge in [0.15, 0.2) is 5.69 Å². The zero-order valence-electron chi connectivity index (χ0n) is 14.5. The van der Waals surface area contributed by atoms with Crippen molar-refractivity contribution in [2.45, 2.75) is 24.9 Å². The van der Waals surface area contributed by atoms with E-state index in [2.05, 4.69) is 20.2 Å². The summed E-state index contributed by atoms with van der Waals surface area (Å²) in [7, 11) is 0. The van der Waals surface area contributed by atoms with Gasteiger partial charge in [-0.2, -0.15) is 15.0 Å². The smallest absolute Gasteiger partial charge is 0.276 e. The second kappa shape index (κ2) is 5.97. The summed E-state index contributed by atoms with van der Waals surface area (Å²) in [6.45, 7) is 0.312. The van der Waals surface area contributed by atoms with Crippen LogP contribution >= 0.6 is 0 Å². The summed E-state index contributed by atoms with van der Waals surface area (Å²) >= 11 is 0. The summed E-state index contributed by atoms with van der Waals surface area (Å²) < 4.78 is 19.8. The summed E-state index contributed by atoms with van der Waals surface area (Å²) in [5.74, 6) is 0.234. The lowest BCUT2D eigenvalue weighted by Crippen LogP contribution is -2.62. The van der Waals surface area contributed by atoms with Crippen molar-refractivity contribution in [1.82, 2.24) is 29.9 Å². The van der Waals surface area contributed by atoms with E-state index in [0.29, 0.717) is 12.3 Å². The molecule has 3 aromatic rings. The quantitative estimate of drug-likeness (QED) is 0.682. The number of likely N-dealkylation sites (tertiary alicyclic amines) is 1. The van der Waals surface area contributed by atoms with Crippen LogP contribution < -0.4 is 0 Å². The highest BCUT2D eigenvalue weighted by molar-refractivity contribution is 5.92. The molecule has 27 heavy (non-hydrogen) atoms. The van der Waals surface area contributed by atoms with Crippen LogP contribution in [0.4, 0.5) is 4.39 Å². The Hall–Kier alpha value is -3.10. The minimum absolute atomic E-state index is 0.125. The van der Waals surface area contributed by atoms with Crippen LogP contribution in [0.2, 0.25) is 0 Å². The van der Waals surface area contributed by atoms with E-state index in [-0.39, 0.29) is 30.6 Å². The van der Waals surface area contributed by atoms with Crippen LogP contribution in [0, 0.1) is 5.92 Å². The molecule has 0 aromatic carbocycles. The van der Waals surface area contributed by atoms with Crippen molar-refractivity contribution >= 4 is 5.91 Å². The Morgan fingerprint density at radius 3 is 2.70 bits per heavy atom. The monoisotopic (exact) mass is 368 g/mol. The lowest BCUT2D eigenvalue weighted by molar-refractivity contribution is -0.0339. The van der Waals surface area contributed by atoms with E-state index in [1.54, 1.807) is 18.6 Å². The fourth-order valence-electron chi connectivity index (χ4n) is 3.39. The number of rotatable bonds is 5. The Labute approximate surface area is 154 Å². The zero-order chi connectivity index (χ0) is 18.4. The molecule has 9 heteroatoms. The number of oxazole rings is 1. The van der Waals surface area contributed by atoms with Crippen LogP contribution in [-0.2, 0) is 6.42 Å². The third kappa shape index (κ3) is 2.98. The van der Waals surface area contributed by atoms with Gasteiger partial charge in [0, 0.05) is 5.69 Å². The molecule has 1 aliphatic heterocycles. The molecule has 2 aliphatic rings. The highest BCUT2D eigenvalue weighted by atomic mass is 19.1. The number of pyridine rings is 1. The van der Waals surface area contributed by atoms with Crippen LogP contribution in [0.15, 0.2) is 41.4 Å². The molecule has 5 rings (SSSR count). The first-order valence-corrected chi connectivity index (χ1v) is 8.85. The fourth-order valence-corrected chi connectivity index (χ4v) is 3.39. The van der Waals surface area contributed by atoms with E-state index in [1.165, 1.54) is 16.0 Å². The average Bonchev–Trinajstić information content (AvgIpc) is 3.17. The lowest BCUT2D eigenvalue weighted by Gasteiger charge is -2.44. The average molecular weight is 368 g/mol. The van der Waals surface area contributed by atoms with Gasteiger partial charge in [-0.05, 0) is 30.9 Å². The highest BCUT2D eigenvalue weighted by Crippen LogP contribution is 2.47. The Bertz CT molecular complexity index is 958. The number of aromatic nitrogens is 5. The first-order valence-electron chi connectivity index (χ1n) is 8.85. The van der Waals surface area contributed by atoms with E-state index < -0.39 is 5.67 Å². The summed E-state index contributed by atoms with van der Waals surface area (Å²) in [6, 6.07) is 3.67. The number of hydrogen-bond acceptors (Lipinski definition) is 6. The molecule has 138 valence electrons. The molecule has 1 saturated carbocycles. The molecule has 4 heterocycles. The van der Waals surface area contributed by atoms with E-state index in [1.807, 2.05) is 12.1 Å². The van der Waals surface area contributed by atoms with Crippen molar-refractivity contribution in [3.63, 3.8) is 0 Å². The number of carbonyl (C=O) groups is 1. The van der Waals surface area contributed by atoms with Crippen LogP contribution in [-0.4, -0.2) is 54.5 Å². The molecule has 0 bridgehead atoms. The van der Waals surface area contributed by atoms with Gasteiger partial charge >= 0.3 is 0 Å². The number of alkyl halides is 1. The molecule has 0 radical (unpaired) electrons. The van der Waals surface area contributed by atoms with Gasteiger partial charge < -0.3 is 9.32 Å². The number of nitrogens with zero attached hydrogens (tertiary/aromatic N) is 6. The van der Waals surface area contributed by atoms with E-state index in [0.717, 1.165) is 24.2 Å². The van der Waals surface area contributed by atoms with Crippen molar-refractivity contribution < 1.29 is 13.6 Å². The normalized spacial score (nSPS) is 18.3. The molecule has 3 aromatic heterocycles. The largest absolute Gasteiger partial charge is 0.448 e. The van der Waals surface area contributed by atoms with Crippen molar-refractivity contribution in [2.75, 3.05) is 13.1 Å². The van der Waals surface area contributed by atoms with E-state index >= 15 is 0 Å². The Kier molecular flexibility index (Phi) is 3.56. The van der Waals surface area contributed by atoms with Gasteiger partial charge in [0.05, 0.1) is 38.1 Å². The maximum atomic E-state index is 14.4. The van der Waals surface area contributed by atoms with Crippen LogP contribution in [0.25, 0.3) is 5.69 Å². The van der Waals surface area contributed by atoms with Gasteiger partial charge in [0.2, 0.25) is 5.89 Å². The predicted molar refractivity (Wildman–Crippen MR) is 90.9 cm³/mol. The third-order valence-corrected chi connectivity index (χ3v) is 5.07. The van der Waals surface area contributed by atoms with Crippen molar-refractivity contribution in [3.8, 4) is 5.69 Å². The standard InChI is InChI=1S/C18H17FN6O2/c19-18(12-1-2-12)10-24(11-18)17(26)15-9-27-16(23-15)7-13-3-4-14(8-20-13)25-21-5-6-22-25/h3-6,8-9,12H,1-2,7,10-11H2. The molecule has 2 fully saturated rings. The minimum Gasteiger partial charge on any atom is -0.448 e. The highest BCUT2D eigenvalue weighted by Gasteiger charge is 2.55. The van der Waals surface area contributed by atoms with Crippen LogP contribution in [0.3, 0.4) is 0 Å². The number of halogens is 1. The molecule has 0 atom stereocenters. The molecule has 1 saturated heterocycles. The first kappa shape index (κ1) is 16.1. The minimum atomic E-state index is -1.20. The van der Waals surface area contributed by atoms with E-state index in [4.69, 9.17) is 4.42 Å². The van der Waals surface area contributed by atoms with Gasteiger partial charge in [-0.3, -0.25) is 9.78 Å². The summed E-state index contributed by atoms with van der Waals surface area (Å²) in [4.78, 5) is 23.9. The summed E-state index contributed by atoms with van der Waals surface area (Å²) in [6.07, 6.45) is 8.38. The molecule has 8 nitrogen and oxygen atoms in total. The Balaban J connectivity index is 1.22. The molecule has 1 amide bonds. The van der Waals surface area contributed by atoms with Crippen molar-refractivity contribution in [3.05, 3.63) is 54.3 Å². The van der Waals surface area contributed by atoms with Gasteiger partial charge in [0.1, 0.15) is 17.6 Å². The number of amides is 1. The lowest BCUT2D eigenvalue weighted by atomic mass is 9.90. The van der Waals surface area contributed by atoms with Gasteiger partial charge in [0.25, 0.3) is 5.91 Å². The summed E-state index contributed by atoms with van der Waals surface area (Å²) in [5.41, 5.74) is 0.500. The Morgan fingerprint density at radius 2 is 2.04 bits per heavy atom. The molecule has 1 aliphatic carbocycles. The zero-order valence-corrected chi connectivity index (χ0v) is 14.5. The number of hydrogen-bond donors (Lipinski definition) is 0. The molecular weight excluding hydrogens is 351 g/mol. The second-order valence-electron chi connectivity index (χ2n) is 7.10. The summed E-state index contributed by atoms with van der Waals surface area (Å²) in [5, 5.41) is 8.09.